The van der Waals surface area contributed by atoms with Gasteiger partial charge in [0, 0.05) is 0 Å². The molecule has 61 valence electrons. The monoisotopic (exact) mass is 141 g/mol. The molecule has 0 N–H and O–H groups in total. The standard InChI is InChI=1S/C10H21/c1-6-10(9(4)5)7-8(2)3/h8-10H,1,6-7H2,2-5H3. The van der Waals surface area contributed by atoms with Crippen LogP contribution < -0.4 is 0 Å². The highest BCUT2D eigenvalue weighted by molar-refractivity contribution is 4.65. The summed E-state index contributed by atoms with van der Waals surface area (Å²) in [6, 6.07) is 0. The Morgan fingerprint density at radius 1 is 1.10 bits per heavy atom. The van der Waals surface area contributed by atoms with Crippen LogP contribution in [0.3, 0.4) is 0 Å². The van der Waals surface area contributed by atoms with Gasteiger partial charge < -0.3 is 0 Å². The Labute approximate surface area is 66.0 Å². The van der Waals surface area contributed by atoms with Crippen LogP contribution in [0.5, 0.6) is 0 Å². The highest BCUT2D eigenvalue weighted by atomic mass is 14.2. The molecule has 0 nitrogen and oxygen atoms in total. The maximum Gasteiger partial charge on any atom is -0.0389 e. The number of hydrogen-bond acceptors (Lipinski definition) is 0. The summed E-state index contributed by atoms with van der Waals surface area (Å²) in [6.07, 6.45) is 2.43. The molecule has 1 radical (unpaired) electrons. The van der Waals surface area contributed by atoms with Crippen molar-refractivity contribution in [2.24, 2.45) is 17.8 Å². The van der Waals surface area contributed by atoms with Crippen molar-refractivity contribution >= 4 is 0 Å². The maximum atomic E-state index is 3.96. The Morgan fingerprint density at radius 3 is 1.70 bits per heavy atom. The van der Waals surface area contributed by atoms with Gasteiger partial charge in [0.15, 0.2) is 0 Å². The molecule has 0 aliphatic heterocycles. The van der Waals surface area contributed by atoms with Crippen molar-refractivity contribution in [1.29, 1.82) is 0 Å². The quantitative estimate of drug-likeness (QED) is 0.562. The molecule has 0 amide bonds. The first kappa shape index (κ1) is 10.0. The van der Waals surface area contributed by atoms with Crippen molar-refractivity contribution in [3.63, 3.8) is 0 Å². The minimum atomic E-state index is 0.805. The van der Waals surface area contributed by atoms with Gasteiger partial charge in [0.2, 0.25) is 0 Å². The highest BCUT2D eigenvalue weighted by Gasteiger charge is 2.11. The summed E-state index contributed by atoms with van der Waals surface area (Å²) in [4.78, 5) is 0. The van der Waals surface area contributed by atoms with E-state index in [1.165, 1.54) is 6.42 Å². The molecule has 0 heterocycles. The lowest BCUT2D eigenvalue weighted by molar-refractivity contribution is 0.319. The number of rotatable bonds is 4. The molecule has 1 unspecified atom stereocenters. The van der Waals surface area contributed by atoms with Crippen molar-refractivity contribution in [1.82, 2.24) is 0 Å². The van der Waals surface area contributed by atoms with E-state index in [1.807, 2.05) is 0 Å². The van der Waals surface area contributed by atoms with E-state index in [0.29, 0.717) is 0 Å². The second kappa shape index (κ2) is 4.76. The Balaban J connectivity index is 3.60. The van der Waals surface area contributed by atoms with E-state index in [1.54, 1.807) is 0 Å². The lowest BCUT2D eigenvalue weighted by atomic mass is 9.86. The predicted molar refractivity (Wildman–Crippen MR) is 47.8 cm³/mol. The van der Waals surface area contributed by atoms with Gasteiger partial charge in [-0.15, -0.1) is 0 Å². The van der Waals surface area contributed by atoms with Crippen LogP contribution in [-0.2, 0) is 0 Å². The molecule has 0 aliphatic carbocycles. The van der Waals surface area contributed by atoms with Crippen molar-refractivity contribution in [2.75, 3.05) is 0 Å². The molecule has 0 fully saturated rings. The van der Waals surface area contributed by atoms with Crippen molar-refractivity contribution in [3.05, 3.63) is 6.92 Å². The van der Waals surface area contributed by atoms with E-state index >= 15 is 0 Å². The minimum Gasteiger partial charge on any atom is -0.0628 e. The van der Waals surface area contributed by atoms with Crippen LogP contribution in [0, 0.1) is 24.7 Å². The summed E-state index contributed by atoms with van der Waals surface area (Å²) in [7, 11) is 0. The fourth-order valence-corrected chi connectivity index (χ4v) is 1.33. The Bertz CT molecular complexity index is 72.1. The van der Waals surface area contributed by atoms with Gasteiger partial charge in [0.05, 0.1) is 0 Å². The fraction of sp³-hybridized carbons (Fsp3) is 0.900. The van der Waals surface area contributed by atoms with Crippen molar-refractivity contribution < 1.29 is 0 Å². The molecule has 0 saturated carbocycles. The minimum absolute atomic E-state index is 0.805. The second-order valence-corrected chi connectivity index (χ2v) is 3.92. The van der Waals surface area contributed by atoms with Crippen LogP contribution in [0.1, 0.15) is 40.5 Å². The summed E-state index contributed by atoms with van der Waals surface area (Å²) in [5, 5.41) is 0. The fourth-order valence-electron chi connectivity index (χ4n) is 1.33. The zero-order valence-electron chi connectivity index (χ0n) is 7.85. The Kier molecular flexibility index (Phi) is 4.76. The molecular weight excluding hydrogens is 120 g/mol. The SMILES string of the molecule is [CH2]CC(CC(C)C)C(C)C. The molecule has 0 rings (SSSR count). The van der Waals surface area contributed by atoms with E-state index in [9.17, 15) is 0 Å². The maximum absolute atomic E-state index is 3.96. The zero-order chi connectivity index (χ0) is 8.15. The first-order chi connectivity index (χ1) is 4.57. The van der Waals surface area contributed by atoms with E-state index in [0.717, 1.165) is 24.2 Å². The first-order valence-corrected chi connectivity index (χ1v) is 4.37. The van der Waals surface area contributed by atoms with E-state index in [-0.39, 0.29) is 0 Å². The Morgan fingerprint density at radius 2 is 1.60 bits per heavy atom. The van der Waals surface area contributed by atoms with Crippen LogP contribution in [0.4, 0.5) is 0 Å². The van der Waals surface area contributed by atoms with E-state index in [4.69, 9.17) is 0 Å². The average Bonchev–Trinajstić information content (AvgIpc) is 1.81. The molecule has 0 aromatic heterocycles. The predicted octanol–water partition coefficient (Wildman–Crippen LogP) is 3.53. The summed E-state index contributed by atoms with van der Waals surface area (Å²) < 4.78 is 0. The largest absolute Gasteiger partial charge is 0.0628 e. The third-order valence-electron chi connectivity index (χ3n) is 2.09. The molecule has 0 heteroatoms. The van der Waals surface area contributed by atoms with Crippen molar-refractivity contribution in [3.8, 4) is 0 Å². The van der Waals surface area contributed by atoms with Crippen LogP contribution >= 0.6 is 0 Å². The lowest BCUT2D eigenvalue weighted by Gasteiger charge is -2.20. The molecule has 0 aliphatic rings. The van der Waals surface area contributed by atoms with Gasteiger partial charge >= 0.3 is 0 Å². The third kappa shape index (κ3) is 3.92. The van der Waals surface area contributed by atoms with Gasteiger partial charge in [0.1, 0.15) is 0 Å². The van der Waals surface area contributed by atoms with Gasteiger partial charge in [-0.1, -0.05) is 41.0 Å². The molecule has 1 atom stereocenters. The summed E-state index contributed by atoms with van der Waals surface area (Å²) in [5.41, 5.74) is 0. The zero-order valence-corrected chi connectivity index (χ0v) is 7.85. The molecule has 0 spiro atoms. The first-order valence-electron chi connectivity index (χ1n) is 4.37. The van der Waals surface area contributed by atoms with Gasteiger partial charge in [-0.3, -0.25) is 0 Å². The summed E-state index contributed by atoms with van der Waals surface area (Å²) in [6.45, 7) is 13.1. The Hall–Kier alpha value is 0. The van der Waals surface area contributed by atoms with Crippen LogP contribution in [0.2, 0.25) is 0 Å². The lowest BCUT2D eigenvalue weighted by Crippen LogP contribution is -2.10. The van der Waals surface area contributed by atoms with Gasteiger partial charge in [-0.2, -0.15) is 0 Å². The molecule has 0 aromatic carbocycles. The van der Waals surface area contributed by atoms with E-state index in [2.05, 4.69) is 34.6 Å². The van der Waals surface area contributed by atoms with Gasteiger partial charge in [-0.25, -0.2) is 0 Å². The van der Waals surface area contributed by atoms with Gasteiger partial charge in [0.25, 0.3) is 0 Å². The van der Waals surface area contributed by atoms with Gasteiger partial charge in [-0.05, 0) is 24.2 Å². The molecule has 0 aromatic rings. The molecule has 0 bridgehead atoms. The van der Waals surface area contributed by atoms with E-state index < -0.39 is 0 Å². The van der Waals surface area contributed by atoms with Crippen LogP contribution in [-0.4, -0.2) is 0 Å². The molecule has 0 saturated heterocycles. The normalized spacial score (nSPS) is 14.7. The third-order valence-corrected chi connectivity index (χ3v) is 2.09. The summed E-state index contributed by atoms with van der Waals surface area (Å²) in [5.74, 6) is 2.47. The topological polar surface area (TPSA) is 0 Å². The van der Waals surface area contributed by atoms with Crippen LogP contribution in [0.25, 0.3) is 0 Å². The summed E-state index contributed by atoms with van der Waals surface area (Å²) >= 11 is 0. The highest BCUT2D eigenvalue weighted by Crippen LogP contribution is 2.22. The molecular formula is C10H21. The van der Waals surface area contributed by atoms with Crippen molar-refractivity contribution in [2.45, 2.75) is 40.5 Å². The average molecular weight is 141 g/mol. The number of hydrogen-bond donors (Lipinski definition) is 0. The smallest absolute Gasteiger partial charge is 0.0389 e. The second-order valence-electron chi connectivity index (χ2n) is 3.92. The van der Waals surface area contributed by atoms with Crippen LogP contribution in [0.15, 0.2) is 0 Å². The molecule has 10 heavy (non-hydrogen) atoms.